The van der Waals surface area contributed by atoms with Gasteiger partial charge < -0.3 is 10.2 Å². The first-order chi connectivity index (χ1) is 14.9. The lowest BCUT2D eigenvalue weighted by atomic mass is 10.2. The number of alkyl halides is 3. The molecule has 0 bridgehead atoms. The molecule has 0 saturated carbocycles. The number of nitrogens with zero attached hydrogens (tertiary/aromatic N) is 4. The maximum absolute atomic E-state index is 13.3. The van der Waals surface area contributed by atoms with Gasteiger partial charge in [0.05, 0.1) is 15.2 Å². The molecular weight excluding hydrogens is 478 g/mol. The molecule has 32 heavy (non-hydrogen) atoms. The Kier molecular flexibility index (Phi) is 6.56. The molecule has 0 unspecified atom stereocenters. The van der Waals surface area contributed by atoms with Crippen LogP contribution in [0.4, 0.5) is 23.4 Å². The maximum atomic E-state index is 13.3. The lowest BCUT2D eigenvalue weighted by molar-refractivity contribution is -0.123. The smallest absolute Gasteiger partial charge is 0.354 e. The highest BCUT2D eigenvalue weighted by atomic mass is 35.5. The number of aromatic nitrogens is 2. The fourth-order valence-electron chi connectivity index (χ4n) is 3.16. The van der Waals surface area contributed by atoms with E-state index in [1.165, 1.54) is 4.90 Å². The second-order valence-electron chi connectivity index (χ2n) is 6.82. The standard InChI is InChI=1S/C18H14ClF4N5O3S/c19-13-5-10(20)1-2-14(13)32(30,31)11-3-4-28(8-11)16-12(7-25-15(6-24)27-16)17(29)26-9-18(21,22)23/h1-2,5,7,11H,3-4,8-9H2,(H,26,29)/t11-/m0/s1. The van der Waals surface area contributed by atoms with E-state index >= 15 is 0 Å². The average Bonchev–Trinajstić information content (AvgIpc) is 3.22. The van der Waals surface area contributed by atoms with Crippen molar-refractivity contribution in [1.82, 2.24) is 15.3 Å². The van der Waals surface area contributed by atoms with Gasteiger partial charge in [-0.3, -0.25) is 4.79 Å². The molecule has 1 aromatic heterocycles. The highest BCUT2D eigenvalue weighted by molar-refractivity contribution is 7.92. The Morgan fingerprint density at radius 1 is 1.38 bits per heavy atom. The summed E-state index contributed by atoms with van der Waals surface area (Å²) < 4.78 is 76.6. The molecule has 0 radical (unpaired) electrons. The first kappa shape index (κ1) is 23.7. The third-order valence-corrected chi connectivity index (χ3v) is 7.30. The van der Waals surface area contributed by atoms with Gasteiger partial charge in [-0.2, -0.15) is 18.4 Å². The van der Waals surface area contributed by atoms with Crippen molar-refractivity contribution in [2.45, 2.75) is 22.7 Å². The van der Waals surface area contributed by atoms with E-state index in [1.807, 2.05) is 0 Å². The van der Waals surface area contributed by atoms with E-state index in [2.05, 4.69) is 9.97 Å². The predicted molar refractivity (Wildman–Crippen MR) is 104 cm³/mol. The molecule has 14 heteroatoms. The molecule has 1 fully saturated rings. The van der Waals surface area contributed by atoms with Gasteiger partial charge in [0.1, 0.15) is 29.8 Å². The van der Waals surface area contributed by atoms with E-state index in [0.29, 0.717) is 0 Å². The van der Waals surface area contributed by atoms with Gasteiger partial charge in [-0.1, -0.05) is 11.6 Å². The summed E-state index contributed by atoms with van der Waals surface area (Å²) in [4.78, 5) is 20.9. The zero-order chi connectivity index (χ0) is 23.7. The van der Waals surface area contributed by atoms with E-state index in [4.69, 9.17) is 16.9 Å². The van der Waals surface area contributed by atoms with Crippen LogP contribution in [0.15, 0.2) is 29.3 Å². The summed E-state index contributed by atoms with van der Waals surface area (Å²) in [6.45, 7) is -1.70. The minimum atomic E-state index is -4.65. The quantitative estimate of drug-likeness (QED) is 0.504. The number of amides is 1. The number of benzene rings is 1. The van der Waals surface area contributed by atoms with Crippen LogP contribution in [-0.2, 0) is 9.84 Å². The number of halogens is 5. The molecule has 1 amide bonds. The third kappa shape index (κ3) is 5.08. The van der Waals surface area contributed by atoms with Crippen LogP contribution in [0.2, 0.25) is 5.02 Å². The summed E-state index contributed by atoms with van der Waals surface area (Å²) in [5.74, 6) is -2.35. The molecular formula is C18H14ClF4N5O3S. The second kappa shape index (κ2) is 8.87. The summed E-state index contributed by atoms with van der Waals surface area (Å²) in [5.41, 5.74) is -0.342. The molecule has 1 saturated heterocycles. The van der Waals surface area contributed by atoms with Crippen molar-refractivity contribution in [1.29, 1.82) is 5.26 Å². The maximum Gasteiger partial charge on any atom is 0.405 e. The molecule has 0 aliphatic carbocycles. The number of carbonyl (C=O) groups excluding carboxylic acids is 1. The Labute approximate surface area is 184 Å². The van der Waals surface area contributed by atoms with Crippen molar-refractivity contribution in [2.75, 3.05) is 24.5 Å². The molecule has 170 valence electrons. The average molecular weight is 492 g/mol. The predicted octanol–water partition coefficient (Wildman–Crippen LogP) is 2.49. The van der Waals surface area contributed by atoms with E-state index in [1.54, 1.807) is 11.4 Å². The zero-order valence-corrected chi connectivity index (χ0v) is 17.6. The van der Waals surface area contributed by atoms with Gasteiger partial charge >= 0.3 is 6.18 Å². The summed E-state index contributed by atoms with van der Waals surface area (Å²) in [5, 5.41) is 9.43. The number of hydrogen-bond acceptors (Lipinski definition) is 7. The molecule has 2 aromatic rings. The minimum absolute atomic E-state index is 0.0736. The number of nitrogens with one attached hydrogen (secondary N) is 1. The van der Waals surface area contributed by atoms with E-state index in [-0.39, 0.29) is 46.6 Å². The third-order valence-electron chi connectivity index (χ3n) is 4.65. The fraction of sp³-hybridized carbons (Fsp3) is 0.333. The molecule has 0 spiro atoms. The summed E-state index contributed by atoms with van der Waals surface area (Å²) in [6, 6.07) is 4.53. The number of sulfone groups is 1. The number of carbonyl (C=O) groups is 1. The summed E-state index contributed by atoms with van der Waals surface area (Å²) >= 11 is 5.89. The van der Waals surface area contributed by atoms with E-state index in [0.717, 1.165) is 24.4 Å². The lowest BCUT2D eigenvalue weighted by Crippen LogP contribution is -2.35. The Hall–Kier alpha value is -2.98. The van der Waals surface area contributed by atoms with Gasteiger partial charge in [0.2, 0.25) is 5.82 Å². The zero-order valence-electron chi connectivity index (χ0n) is 16.0. The second-order valence-corrected chi connectivity index (χ2v) is 9.42. The minimum Gasteiger partial charge on any atom is -0.354 e. The Morgan fingerprint density at radius 2 is 2.09 bits per heavy atom. The van der Waals surface area contributed by atoms with Gasteiger partial charge in [0.25, 0.3) is 5.91 Å². The normalized spacial score (nSPS) is 16.6. The van der Waals surface area contributed by atoms with Gasteiger partial charge in [-0.05, 0) is 24.6 Å². The SMILES string of the molecule is N#Cc1ncc(C(=O)NCC(F)(F)F)c(N2CC[C@H](S(=O)(=O)c3ccc(F)cc3Cl)C2)n1. The van der Waals surface area contributed by atoms with Crippen LogP contribution in [-0.4, -0.2) is 55.4 Å². The largest absolute Gasteiger partial charge is 0.405 e. The number of nitriles is 1. The van der Waals surface area contributed by atoms with Crippen LogP contribution < -0.4 is 10.2 Å². The van der Waals surface area contributed by atoms with Crippen molar-refractivity contribution >= 4 is 33.2 Å². The summed E-state index contributed by atoms with van der Waals surface area (Å²) in [6.07, 6.45) is -3.67. The van der Waals surface area contributed by atoms with Gasteiger partial charge in [0, 0.05) is 19.3 Å². The number of hydrogen-bond donors (Lipinski definition) is 1. The molecule has 1 atom stereocenters. The monoisotopic (exact) mass is 491 g/mol. The van der Waals surface area contributed by atoms with Crippen molar-refractivity contribution in [3.8, 4) is 6.07 Å². The molecule has 1 N–H and O–H groups in total. The van der Waals surface area contributed by atoms with Crippen LogP contribution >= 0.6 is 11.6 Å². The van der Waals surface area contributed by atoms with Crippen LogP contribution in [0.25, 0.3) is 0 Å². The van der Waals surface area contributed by atoms with Crippen molar-refractivity contribution in [3.63, 3.8) is 0 Å². The van der Waals surface area contributed by atoms with Crippen LogP contribution in [0.5, 0.6) is 0 Å². The van der Waals surface area contributed by atoms with E-state index in [9.17, 15) is 30.8 Å². The van der Waals surface area contributed by atoms with Crippen molar-refractivity contribution in [3.05, 3.63) is 46.6 Å². The Morgan fingerprint density at radius 3 is 2.72 bits per heavy atom. The van der Waals surface area contributed by atoms with Crippen LogP contribution in [0, 0.1) is 17.1 Å². The molecule has 8 nitrogen and oxygen atoms in total. The van der Waals surface area contributed by atoms with Gasteiger partial charge in [0.15, 0.2) is 9.84 Å². The molecule has 2 heterocycles. The number of anilines is 1. The Balaban J connectivity index is 1.89. The molecule has 1 aliphatic heterocycles. The van der Waals surface area contributed by atoms with Crippen LogP contribution in [0.3, 0.4) is 0 Å². The highest BCUT2D eigenvalue weighted by Crippen LogP contribution is 2.32. The van der Waals surface area contributed by atoms with Gasteiger partial charge in [-0.25, -0.2) is 22.8 Å². The summed E-state index contributed by atoms with van der Waals surface area (Å²) in [7, 11) is -4.00. The van der Waals surface area contributed by atoms with Crippen molar-refractivity contribution in [2.24, 2.45) is 0 Å². The molecule has 1 aliphatic rings. The van der Waals surface area contributed by atoms with Crippen LogP contribution in [0.1, 0.15) is 22.6 Å². The first-order valence-corrected chi connectivity index (χ1v) is 10.9. The topological polar surface area (TPSA) is 116 Å². The van der Waals surface area contributed by atoms with E-state index < -0.39 is 39.5 Å². The fourth-order valence-corrected chi connectivity index (χ4v) is 5.39. The highest BCUT2D eigenvalue weighted by Gasteiger charge is 2.37. The Bertz CT molecular complexity index is 1200. The molecule has 3 rings (SSSR count). The molecule has 1 aromatic carbocycles. The van der Waals surface area contributed by atoms with Gasteiger partial charge in [-0.15, -0.1) is 0 Å². The first-order valence-electron chi connectivity index (χ1n) is 8.98. The van der Waals surface area contributed by atoms with Crippen molar-refractivity contribution < 1.29 is 30.8 Å². The number of rotatable bonds is 5. The lowest BCUT2D eigenvalue weighted by Gasteiger charge is -2.20.